The number of benzene rings is 1. The lowest BCUT2D eigenvalue weighted by Gasteiger charge is -2.22. The third-order valence-corrected chi connectivity index (χ3v) is 4.46. The average Bonchev–Trinajstić information content (AvgIpc) is 2.77. The summed E-state index contributed by atoms with van der Waals surface area (Å²) < 4.78 is 39.8. The highest BCUT2D eigenvalue weighted by Gasteiger charge is 2.35. The van der Waals surface area contributed by atoms with Crippen molar-refractivity contribution in [1.29, 1.82) is 0 Å². The van der Waals surface area contributed by atoms with Gasteiger partial charge < -0.3 is 0 Å². The maximum Gasteiger partial charge on any atom is 0.417 e. The lowest BCUT2D eigenvalue weighted by Crippen LogP contribution is -2.40. The molecule has 1 aromatic rings. The van der Waals surface area contributed by atoms with Gasteiger partial charge in [-0.2, -0.15) is 13.2 Å². The Labute approximate surface area is 138 Å². The molecule has 2 N–H and O–H groups in total. The molecule has 1 heterocycles. The van der Waals surface area contributed by atoms with E-state index in [4.69, 9.17) is 0 Å². The molecule has 1 aliphatic heterocycles. The van der Waals surface area contributed by atoms with Gasteiger partial charge in [0.2, 0.25) is 0 Å². The number of halogens is 3. The molecule has 0 saturated heterocycles. The Morgan fingerprint density at radius 1 is 1.12 bits per heavy atom. The maximum absolute atomic E-state index is 13.3. The van der Waals surface area contributed by atoms with Crippen LogP contribution in [0.4, 0.5) is 13.2 Å². The number of hydrazine groups is 1. The zero-order chi connectivity index (χ0) is 17.2. The molecular weight excluding hydrogens is 319 g/mol. The van der Waals surface area contributed by atoms with Crippen molar-refractivity contribution in [3.05, 3.63) is 47.2 Å². The molecule has 0 bridgehead atoms. The largest absolute Gasteiger partial charge is 0.417 e. The van der Waals surface area contributed by atoms with Crippen molar-refractivity contribution >= 4 is 5.84 Å². The van der Waals surface area contributed by atoms with Gasteiger partial charge >= 0.3 is 6.18 Å². The van der Waals surface area contributed by atoms with Gasteiger partial charge in [-0.05, 0) is 25.0 Å². The third-order valence-electron chi connectivity index (χ3n) is 4.46. The summed E-state index contributed by atoms with van der Waals surface area (Å²) in [6.45, 7) is 0.174. The van der Waals surface area contributed by atoms with Gasteiger partial charge in [-0.25, -0.2) is 4.99 Å². The number of allylic oxidation sites excluding steroid dienone is 1. The van der Waals surface area contributed by atoms with Crippen LogP contribution in [0.2, 0.25) is 0 Å². The molecule has 24 heavy (non-hydrogen) atoms. The van der Waals surface area contributed by atoms with E-state index in [1.807, 2.05) is 0 Å². The second kappa shape index (κ2) is 6.94. The first-order valence-electron chi connectivity index (χ1n) is 8.13. The number of rotatable bonds is 2. The fraction of sp³-hybridized carbons (Fsp3) is 0.471. The first-order chi connectivity index (χ1) is 11.4. The highest BCUT2D eigenvalue weighted by atomic mass is 19.4. The van der Waals surface area contributed by atoms with Crippen molar-refractivity contribution in [2.24, 2.45) is 10.9 Å². The Kier molecular flexibility index (Phi) is 4.91. The molecule has 1 saturated carbocycles. The summed E-state index contributed by atoms with van der Waals surface area (Å²) in [7, 11) is 0. The predicted octanol–water partition coefficient (Wildman–Crippen LogP) is 4.13. The lowest BCUT2D eigenvalue weighted by molar-refractivity contribution is -0.138. The highest BCUT2D eigenvalue weighted by Crippen LogP contribution is 2.34. The summed E-state index contributed by atoms with van der Waals surface area (Å²) in [5.74, 6) is 0.264. The van der Waals surface area contributed by atoms with Crippen LogP contribution >= 0.6 is 0 Å². The van der Waals surface area contributed by atoms with E-state index in [1.165, 1.54) is 24.6 Å². The molecule has 0 amide bonds. The quantitative estimate of drug-likeness (QED) is 0.852. The Morgan fingerprint density at radius 3 is 2.54 bits per heavy atom. The summed E-state index contributed by atoms with van der Waals surface area (Å²) >= 11 is 0. The first-order valence-corrected chi connectivity index (χ1v) is 8.13. The van der Waals surface area contributed by atoms with Crippen LogP contribution in [-0.2, 0) is 6.18 Å². The van der Waals surface area contributed by atoms with Crippen LogP contribution < -0.4 is 5.43 Å². The fourth-order valence-corrected chi connectivity index (χ4v) is 3.26. The van der Waals surface area contributed by atoms with Crippen LogP contribution in [0.25, 0.3) is 0 Å². The first kappa shape index (κ1) is 17.0. The minimum atomic E-state index is -4.48. The summed E-state index contributed by atoms with van der Waals surface area (Å²) in [6, 6.07) is 5.27. The van der Waals surface area contributed by atoms with Gasteiger partial charge in [-0.3, -0.25) is 10.6 Å². The monoisotopic (exact) mass is 339 g/mol. The zero-order valence-corrected chi connectivity index (χ0v) is 13.2. The lowest BCUT2D eigenvalue weighted by atomic mass is 9.87. The van der Waals surface area contributed by atoms with E-state index in [9.17, 15) is 18.4 Å². The number of hydrogen-bond acceptors (Lipinski definition) is 4. The molecule has 2 aliphatic rings. The van der Waals surface area contributed by atoms with Crippen LogP contribution in [0.15, 0.2) is 41.0 Å². The number of alkyl halides is 3. The molecule has 0 spiro atoms. The van der Waals surface area contributed by atoms with Gasteiger partial charge in [0, 0.05) is 17.2 Å². The second-order valence-electron chi connectivity index (χ2n) is 6.16. The van der Waals surface area contributed by atoms with Crippen LogP contribution in [0, 0.1) is 5.92 Å². The van der Waals surface area contributed by atoms with Gasteiger partial charge in [0.1, 0.15) is 5.84 Å². The molecular formula is C17H20F3N3O. The normalized spacial score (nSPS) is 20.8. The topological polar surface area (TPSA) is 47.9 Å². The summed E-state index contributed by atoms with van der Waals surface area (Å²) in [5, 5.41) is 10.6. The van der Waals surface area contributed by atoms with E-state index in [0.717, 1.165) is 42.6 Å². The molecule has 0 unspecified atom stereocenters. The van der Waals surface area contributed by atoms with Crippen molar-refractivity contribution in [3.63, 3.8) is 0 Å². The molecule has 1 fully saturated rings. The molecule has 4 nitrogen and oxygen atoms in total. The van der Waals surface area contributed by atoms with Gasteiger partial charge in [-0.15, -0.1) is 0 Å². The van der Waals surface area contributed by atoms with Crippen LogP contribution in [0.1, 0.15) is 43.2 Å². The van der Waals surface area contributed by atoms with E-state index in [-0.39, 0.29) is 23.9 Å². The van der Waals surface area contributed by atoms with E-state index in [0.29, 0.717) is 0 Å². The Balaban J connectivity index is 1.99. The van der Waals surface area contributed by atoms with E-state index in [2.05, 4.69) is 10.4 Å². The van der Waals surface area contributed by atoms with E-state index >= 15 is 0 Å². The smallest absolute Gasteiger partial charge is 0.294 e. The van der Waals surface area contributed by atoms with Crippen LogP contribution in [0.5, 0.6) is 0 Å². The minimum Gasteiger partial charge on any atom is -0.294 e. The van der Waals surface area contributed by atoms with Crippen molar-refractivity contribution in [2.45, 2.75) is 38.3 Å². The molecule has 130 valence electrons. The Morgan fingerprint density at radius 2 is 1.83 bits per heavy atom. The van der Waals surface area contributed by atoms with Gasteiger partial charge in [-0.1, -0.05) is 42.6 Å². The third kappa shape index (κ3) is 3.79. The van der Waals surface area contributed by atoms with E-state index < -0.39 is 11.7 Å². The van der Waals surface area contributed by atoms with Gasteiger partial charge in [0.25, 0.3) is 0 Å². The molecule has 7 heteroatoms. The predicted molar refractivity (Wildman–Crippen MR) is 84.3 cm³/mol. The minimum absolute atomic E-state index is 0.0275. The zero-order valence-electron chi connectivity index (χ0n) is 13.2. The molecule has 0 aromatic heterocycles. The van der Waals surface area contributed by atoms with Gasteiger partial charge in [0.15, 0.2) is 0 Å². The standard InChI is InChI=1S/C17H20F3N3O/c18-17(19,20)14-9-5-4-8-13(14)16-21-15(10-11-23(24)22-16)12-6-2-1-3-7-12/h4-5,8-10,12,24H,1-3,6-7,11H2,(H,21,22). The molecule has 1 aliphatic carbocycles. The average molecular weight is 339 g/mol. The van der Waals surface area contributed by atoms with Crippen molar-refractivity contribution in [1.82, 2.24) is 10.6 Å². The summed E-state index contributed by atoms with van der Waals surface area (Å²) in [5.41, 5.74) is 2.49. The SMILES string of the molecule is ON1CC=C(C2CCCCC2)N=C(c2ccccc2C(F)(F)F)N1. The molecule has 0 radical (unpaired) electrons. The number of nitrogens with one attached hydrogen (secondary N) is 1. The fourth-order valence-electron chi connectivity index (χ4n) is 3.26. The molecule has 0 atom stereocenters. The number of hydroxylamine groups is 1. The number of hydrogen-bond donors (Lipinski definition) is 2. The summed E-state index contributed by atoms with van der Waals surface area (Å²) in [6.07, 6.45) is 2.64. The Hall–Kier alpha value is -1.86. The van der Waals surface area contributed by atoms with Crippen LogP contribution in [0.3, 0.4) is 0 Å². The van der Waals surface area contributed by atoms with E-state index in [1.54, 1.807) is 6.08 Å². The molecule has 1 aromatic carbocycles. The number of amidine groups is 1. The van der Waals surface area contributed by atoms with Crippen molar-refractivity contribution in [2.75, 3.05) is 6.54 Å². The van der Waals surface area contributed by atoms with Crippen molar-refractivity contribution in [3.8, 4) is 0 Å². The Bertz CT molecular complexity index is 649. The van der Waals surface area contributed by atoms with Crippen LogP contribution in [-0.4, -0.2) is 22.8 Å². The summed E-state index contributed by atoms with van der Waals surface area (Å²) in [4.78, 5) is 4.46. The van der Waals surface area contributed by atoms with Crippen molar-refractivity contribution < 1.29 is 18.4 Å². The van der Waals surface area contributed by atoms with Gasteiger partial charge in [0.05, 0.1) is 12.1 Å². The molecule has 3 rings (SSSR count). The number of nitrogens with zero attached hydrogens (tertiary/aromatic N) is 2. The number of aliphatic imine (C=N–C) groups is 1. The second-order valence-corrected chi connectivity index (χ2v) is 6.16. The highest BCUT2D eigenvalue weighted by molar-refractivity contribution is 6.00. The maximum atomic E-state index is 13.3.